The van der Waals surface area contributed by atoms with Crippen molar-refractivity contribution in [1.82, 2.24) is 10.6 Å². The molecule has 0 unspecified atom stereocenters. The second-order valence-electron chi connectivity index (χ2n) is 7.33. The van der Waals surface area contributed by atoms with Crippen molar-refractivity contribution in [3.8, 4) is 0 Å². The molecule has 29 heavy (non-hydrogen) atoms. The molecule has 3 N–H and O–H groups in total. The average molecular weight is 406 g/mol. The van der Waals surface area contributed by atoms with Crippen LogP contribution in [0.15, 0.2) is 30.3 Å². The first-order valence-corrected chi connectivity index (χ1v) is 9.96. The van der Waals surface area contributed by atoms with Crippen molar-refractivity contribution in [2.24, 2.45) is 5.92 Å². The monoisotopic (exact) mass is 406 g/mol. The number of carbonyl (C=O) groups excluding carboxylic acids is 3. The molecule has 1 aromatic carbocycles. The molecule has 0 saturated heterocycles. The van der Waals surface area contributed by atoms with Gasteiger partial charge in [0.2, 0.25) is 5.91 Å². The number of carbonyl (C=O) groups is 3. The highest BCUT2D eigenvalue weighted by molar-refractivity contribution is 5.90. The summed E-state index contributed by atoms with van der Waals surface area (Å²) in [6.07, 6.45) is 2.68. The van der Waals surface area contributed by atoms with E-state index >= 15 is 0 Å². The van der Waals surface area contributed by atoms with Gasteiger partial charge in [0, 0.05) is 0 Å². The average Bonchev–Trinajstić information content (AvgIpc) is 2.74. The predicted octanol–water partition coefficient (Wildman–Crippen LogP) is 1.90. The second kappa shape index (κ2) is 11.4. The molecule has 1 aliphatic rings. The van der Waals surface area contributed by atoms with Crippen molar-refractivity contribution in [1.29, 1.82) is 0 Å². The van der Waals surface area contributed by atoms with Gasteiger partial charge in [0.15, 0.2) is 0 Å². The van der Waals surface area contributed by atoms with E-state index in [0.29, 0.717) is 0 Å². The maximum absolute atomic E-state index is 12.7. The normalized spacial score (nSPS) is 17.5. The van der Waals surface area contributed by atoms with Gasteiger partial charge in [-0.2, -0.15) is 0 Å². The smallest absolute Gasteiger partial charge is 0.408 e. The van der Waals surface area contributed by atoms with Crippen LogP contribution in [-0.4, -0.2) is 48.4 Å². The third-order valence-corrected chi connectivity index (χ3v) is 5.13. The van der Waals surface area contributed by atoms with Gasteiger partial charge < -0.3 is 25.2 Å². The van der Waals surface area contributed by atoms with Gasteiger partial charge in [-0.15, -0.1) is 0 Å². The summed E-state index contributed by atoms with van der Waals surface area (Å²) < 4.78 is 9.96. The van der Waals surface area contributed by atoms with Crippen LogP contribution in [0.3, 0.4) is 0 Å². The molecule has 1 saturated carbocycles. The third kappa shape index (κ3) is 7.05. The fraction of sp³-hybridized carbons (Fsp3) is 0.571. The molecule has 1 aromatic rings. The highest BCUT2D eigenvalue weighted by Crippen LogP contribution is 2.27. The van der Waals surface area contributed by atoms with E-state index in [-0.39, 0.29) is 12.5 Å². The van der Waals surface area contributed by atoms with Crippen molar-refractivity contribution in [3.63, 3.8) is 0 Å². The maximum atomic E-state index is 12.7. The van der Waals surface area contributed by atoms with E-state index in [1.54, 1.807) is 12.1 Å². The Kier molecular flexibility index (Phi) is 8.92. The molecule has 2 rings (SSSR count). The fourth-order valence-corrected chi connectivity index (χ4v) is 3.50. The van der Waals surface area contributed by atoms with Gasteiger partial charge in [-0.1, -0.05) is 49.6 Å². The Morgan fingerprint density at radius 1 is 1.10 bits per heavy atom. The van der Waals surface area contributed by atoms with Gasteiger partial charge in [0.25, 0.3) is 0 Å². The predicted molar refractivity (Wildman–Crippen MR) is 106 cm³/mol. The highest BCUT2D eigenvalue weighted by Gasteiger charge is 2.35. The number of alkyl carbamates (subject to hydrolysis) is 1. The molecule has 2 amide bonds. The van der Waals surface area contributed by atoms with Crippen LogP contribution in [0.2, 0.25) is 0 Å². The van der Waals surface area contributed by atoms with Crippen LogP contribution < -0.4 is 10.6 Å². The van der Waals surface area contributed by atoms with Gasteiger partial charge >= 0.3 is 12.1 Å². The molecular weight excluding hydrogens is 376 g/mol. The Bertz CT molecular complexity index is 673. The van der Waals surface area contributed by atoms with Crippen molar-refractivity contribution in [3.05, 3.63) is 35.9 Å². The van der Waals surface area contributed by atoms with Crippen LogP contribution >= 0.6 is 0 Å². The lowest BCUT2D eigenvalue weighted by molar-refractivity contribution is -0.147. The Morgan fingerprint density at radius 3 is 2.34 bits per heavy atom. The maximum Gasteiger partial charge on any atom is 0.408 e. The third-order valence-electron chi connectivity index (χ3n) is 5.13. The minimum Gasteiger partial charge on any atom is -0.467 e. The summed E-state index contributed by atoms with van der Waals surface area (Å²) in [7, 11) is 1.27. The fourth-order valence-electron chi connectivity index (χ4n) is 3.50. The first kappa shape index (κ1) is 22.7. The lowest BCUT2D eigenvalue weighted by Gasteiger charge is -2.30. The lowest BCUT2D eigenvalue weighted by atomic mass is 9.83. The van der Waals surface area contributed by atoms with Crippen LogP contribution in [-0.2, 0) is 25.7 Å². The lowest BCUT2D eigenvalue weighted by Crippen LogP contribution is -2.57. The van der Waals surface area contributed by atoms with E-state index in [4.69, 9.17) is 9.47 Å². The molecule has 1 fully saturated rings. The second-order valence-corrected chi connectivity index (χ2v) is 7.33. The molecule has 3 atom stereocenters. The molecule has 0 radical (unpaired) electrons. The summed E-state index contributed by atoms with van der Waals surface area (Å²) in [5, 5.41) is 15.0. The number of nitrogens with one attached hydrogen (secondary N) is 2. The van der Waals surface area contributed by atoms with Gasteiger partial charge in [0.1, 0.15) is 18.7 Å². The van der Waals surface area contributed by atoms with Gasteiger partial charge in [0.05, 0.1) is 13.2 Å². The largest absolute Gasteiger partial charge is 0.467 e. The molecule has 8 nitrogen and oxygen atoms in total. The van der Waals surface area contributed by atoms with Crippen LogP contribution in [0.5, 0.6) is 0 Å². The van der Waals surface area contributed by atoms with E-state index in [2.05, 4.69) is 10.6 Å². The van der Waals surface area contributed by atoms with Crippen LogP contribution in [0.25, 0.3) is 0 Å². The summed E-state index contributed by atoms with van der Waals surface area (Å²) >= 11 is 0. The van der Waals surface area contributed by atoms with Gasteiger partial charge in [-0.05, 0) is 31.2 Å². The Hall–Kier alpha value is -2.61. The summed E-state index contributed by atoms with van der Waals surface area (Å²) in [5.41, 5.74) is 0.795. The highest BCUT2D eigenvalue weighted by atomic mass is 16.5. The Balaban J connectivity index is 1.97. The zero-order valence-electron chi connectivity index (χ0n) is 16.9. The van der Waals surface area contributed by atoms with Crippen LogP contribution in [0, 0.1) is 5.92 Å². The first-order valence-electron chi connectivity index (χ1n) is 9.96. The van der Waals surface area contributed by atoms with E-state index in [9.17, 15) is 19.5 Å². The quantitative estimate of drug-likeness (QED) is 0.568. The molecule has 160 valence electrons. The van der Waals surface area contributed by atoms with E-state index < -0.39 is 36.2 Å². The Morgan fingerprint density at radius 2 is 1.76 bits per heavy atom. The molecular formula is C21H30N2O6. The van der Waals surface area contributed by atoms with Crippen molar-refractivity contribution >= 4 is 18.0 Å². The molecule has 0 spiro atoms. The van der Waals surface area contributed by atoms with E-state index in [0.717, 1.165) is 37.7 Å². The number of benzene rings is 1. The minimum absolute atomic E-state index is 0.0279. The number of esters is 1. The standard InChI is InChI=1S/C21H30N2O6/c1-14(24)17(23-21(27)29-13-15-9-5-3-6-10-15)19(25)22-18(20(26)28-2)16-11-7-4-8-12-16/h3,5-6,9-10,14,16-18,24H,4,7-8,11-13H2,1-2H3,(H,22,25)(H,23,27)/t14-,17+,18+/m1/s1. The molecule has 0 aliphatic heterocycles. The van der Waals surface area contributed by atoms with E-state index in [1.807, 2.05) is 18.2 Å². The van der Waals surface area contributed by atoms with E-state index in [1.165, 1.54) is 14.0 Å². The summed E-state index contributed by atoms with van der Waals surface area (Å²) in [6.45, 7) is 1.42. The van der Waals surface area contributed by atoms with Crippen molar-refractivity contribution in [2.45, 2.75) is 63.8 Å². The number of aliphatic hydroxyl groups excluding tert-OH is 1. The van der Waals surface area contributed by atoms with Crippen LogP contribution in [0.4, 0.5) is 4.79 Å². The van der Waals surface area contributed by atoms with Gasteiger partial charge in [-0.25, -0.2) is 9.59 Å². The topological polar surface area (TPSA) is 114 Å². The zero-order valence-corrected chi connectivity index (χ0v) is 16.9. The first-order chi connectivity index (χ1) is 13.9. The zero-order chi connectivity index (χ0) is 21.2. The Labute approximate surface area is 171 Å². The molecule has 0 heterocycles. The molecule has 0 aromatic heterocycles. The molecule has 8 heteroatoms. The molecule has 0 bridgehead atoms. The number of ether oxygens (including phenoxy) is 2. The number of methoxy groups -OCH3 is 1. The summed E-state index contributed by atoms with van der Waals surface area (Å²) in [4.78, 5) is 37.0. The van der Waals surface area contributed by atoms with Crippen molar-refractivity contribution < 1.29 is 29.0 Å². The number of hydrogen-bond acceptors (Lipinski definition) is 6. The minimum atomic E-state index is -1.26. The SMILES string of the molecule is COC(=O)[C@@H](NC(=O)[C@@H](NC(=O)OCc1ccccc1)[C@@H](C)O)C1CCCCC1. The number of amides is 2. The van der Waals surface area contributed by atoms with Gasteiger partial charge in [-0.3, -0.25) is 4.79 Å². The number of hydrogen-bond donors (Lipinski definition) is 3. The molecule has 1 aliphatic carbocycles. The number of aliphatic hydroxyl groups is 1. The summed E-state index contributed by atoms with van der Waals surface area (Å²) in [6, 6.07) is 7.03. The van der Waals surface area contributed by atoms with Crippen molar-refractivity contribution in [2.75, 3.05) is 7.11 Å². The summed E-state index contributed by atoms with van der Waals surface area (Å²) in [5.74, 6) is -1.21. The van der Waals surface area contributed by atoms with Crippen LogP contribution in [0.1, 0.15) is 44.6 Å². The number of rotatable bonds is 8.